The highest BCUT2D eigenvalue weighted by Crippen LogP contribution is 2.69. The van der Waals surface area contributed by atoms with Crippen molar-refractivity contribution in [1.82, 2.24) is 0 Å². The molecule has 1 saturated carbocycles. The van der Waals surface area contributed by atoms with Crippen LogP contribution in [0.1, 0.15) is 39.7 Å². The molecular formula is C17H25ClN2O. The minimum atomic E-state index is 0. The van der Waals surface area contributed by atoms with Gasteiger partial charge in [-0.15, -0.1) is 12.4 Å². The third kappa shape index (κ3) is 2.13. The summed E-state index contributed by atoms with van der Waals surface area (Å²) in [6, 6.07) is 5.91. The van der Waals surface area contributed by atoms with E-state index in [0.29, 0.717) is 0 Å². The molecule has 3 rings (SSSR count). The normalized spacial score (nSPS) is 22.2. The predicted octanol–water partition coefficient (Wildman–Crippen LogP) is 3.65. The van der Waals surface area contributed by atoms with Crippen LogP contribution in [0.3, 0.4) is 0 Å². The van der Waals surface area contributed by atoms with Crippen molar-refractivity contribution in [2.75, 3.05) is 17.2 Å². The minimum Gasteiger partial charge on any atom is -0.398 e. The van der Waals surface area contributed by atoms with Crippen LogP contribution in [0.5, 0.6) is 0 Å². The Kier molecular flexibility index (Phi) is 3.78. The molecule has 1 aliphatic carbocycles. The number of nitrogens with two attached hydrogens (primary N) is 1. The van der Waals surface area contributed by atoms with Crippen LogP contribution in [0.4, 0.5) is 11.4 Å². The number of hydrogen-bond donors (Lipinski definition) is 1. The standard InChI is InChI=1S/C17H24N2O.ClH/c1-16(2)14(17(16,3)4)15(20)19-10-6-7-11-12(18)8-5-9-13(11)19;/h5,8-9,14H,6-7,10,18H2,1-4H3;1H. The van der Waals surface area contributed by atoms with Gasteiger partial charge in [0.2, 0.25) is 5.91 Å². The first-order valence-corrected chi connectivity index (χ1v) is 7.47. The first-order chi connectivity index (χ1) is 9.28. The van der Waals surface area contributed by atoms with Gasteiger partial charge in [-0.25, -0.2) is 0 Å². The summed E-state index contributed by atoms with van der Waals surface area (Å²) in [6.07, 6.45) is 1.98. The summed E-state index contributed by atoms with van der Waals surface area (Å²) in [6.45, 7) is 9.59. The Hall–Kier alpha value is -1.22. The third-order valence-corrected chi connectivity index (χ3v) is 5.82. The lowest BCUT2D eigenvalue weighted by atomic mass is 9.98. The van der Waals surface area contributed by atoms with Crippen molar-refractivity contribution >= 4 is 29.7 Å². The van der Waals surface area contributed by atoms with E-state index in [1.54, 1.807) is 0 Å². The lowest BCUT2D eigenvalue weighted by Crippen LogP contribution is -2.38. The Morgan fingerprint density at radius 1 is 1.24 bits per heavy atom. The van der Waals surface area contributed by atoms with Crippen molar-refractivity contribution < 1.29 is 4.79 Å². The summed E-state index contributed by atoms with van der Waals surface area (Å²) >= 11 is 0. The van der Waals surface area contributed by atoms with Crippen molar-refractivity contribution in [1.29, 1.82) is 0 Å². The van der Waals surface area contributed by atoms with Crippen molar-refractivity contribution in [3.05, 3.63) is 23.8 Å². The van der Waals surface area contributed by atoms with Crippen molar-refractivity contribution in [3.63, 3.8) is 0 Å². The lowest BCUT2D eigenvalue weighted by Gasteiger charge is -2.31. The van der Waals surface area contributed by atoms with Crippen LogP contribution in [0.25, 0.3) is 0 Å². The van der Waals surface area contributed by atoms with Gasteiger partial charge in [-0.2, -0.15) is 0 Å². The van der Waals surface area contributed by atoms with Gasteiger partial charge in [-0.3, -0.25) is 4.79 Å². The van der Waals surface area contributed by atoms with Gasteiger partial charge in [-0.1, -0.05) is 33.8 Å². The zero-order valence-corrected chi connectivity index (χ0v) is 14.1. The topological polar surface area (TPSA) is 46.3 Å². The molecule has 0 atom stereocenters. The maximum absolute atomic E-state index is 13.0. The van der Waals surface area contributed by atoms with Crippen LogP contribution >= 0.6 is 12.4 Å². The smallest absolute Gasteiger partial charge is 0.231 e. The molecule has 1 amide bonds. The molecular weight excluding hydrogens is 284 g/mol. The van der Waals surface area contributed by atoms with E-state index in [1.807, 2.05) is 23.1 Å². The summed E-state index contributed by atoms with van der Waals surface area (Å²) in [4.78, 5) is 14.9. The van der Waals surface area contributed by atoms with Crippen LogP contribution in [-0.2, 0) is 11.2 Å². The van der Waals surface area contributed by atoms with Gasteiger partial charge in [0.05, 0.1) is 0 Å². The molecule has 0 unspecified atom stereocenters. The zero-order chi connectivity index (χ0) is 14.7. The summed E-state index contributed by atoms with van der Waals surface area (Å²) in [7, 11) is 0. The van der Waals surface area contributed by atoms with Crippen LogP contribution in [0.2, 0.25) is 0 Å². The number of nitrogens with zero attached hydrogens (tertiary/aromatic N) is 1. The number of rotatable bonds is 1. The Labute approximate surface area is 133 Å². The maximum Gasteiger partial charge on any atom is 0.231 e. The van der Waals surface area contributed by atoms with E-state index in [9.17, 15) is 4.79 Å². The maximum atomic E-state index is 13.0. The number of fused-ring (bicyclic) bond motifs is 1. The van der Waals surface area contributed by atoms with Gasteiger partial charge in [0.15, 0.2) is 0 Å². The SMILES string of the molecule is CC1(C)C(C(=O)N2CCCc3c(N)cccc32)C1(C)C.Cl. The third-order valence-electron chi connectivity index (χ3n) is 5.82. The molecule has 1 aromatic carbocycles. The average molecular weight is 309 g/mol. The number of carbonyl (C=O) groups is 1. The fourth-order valence-corrected chi connectivity index (χ4v) is 3.85. The summed E-state index contributed by atoms with van der Waals surface area (Å²) in [5.41, 5.74) is 9.22. The number of benzene rings is 1. The van der Waals surface area contributed by atoms with Gasteiger partial charge in [0.1, 0.15) is 0 Å². The van der Waals surface area contributed by atoms with Gasteiger partial charge >= 0.3 is 0 Å². The highest BCUT2D eigenvalue weighted by molar-refractivity contribution is 5.99. The van der Waals surface area contributed by atoms with Crippen LogP contribution < -0.4 is 10.6 Å². The molecule has 21 heavy (non-hydrogen) atoms. The summed E-state index contributed by atoms with van der Waals surface area (Å²) < 4.78 is 0. The van der Waals surface area contributed by atoms with Crippen molar-refractivity contribution in [2.24, 2.45) is 16.7 Å². The molecule has 0 spiro atoms. The van der Waals surface area contributed by atoms with Crippen molar-refractivity contribution in [2.45, 2.75) is 40.5 Å². The van der Waals surface area contributed by atoms with E-state index in [1.165, 1.54) is 0 Å². The van der Waals surface area contributed by atoms with Gasteiger partial charge < -0.3 is 10.6 Å². The molecule has 1 aromatic rings. The predicted molar refractivity (Wildman–Crippen MR) is 89.8 cm³/mol. The number of anilines is 2. The van der Waals surface area contributed by atoms with E-state index >= 15 is 0 Å². The Morgan fingerprint density at radius 2 is 1.86 bits per heavy atom. The summed E-state index contributed by atoms with van der Waals surface area (Å²) in [5, 5.41) is 0. The van der Waals surface area contributed by atoms with E-state index < -0.39 is 0 Å². The number of nitrogen functional groups attached to an aromatic ring is 1. The molecule has 1 fully saturated rings. The Morgan fingerprint density at radius 3 is 2.43 bits per heavy atom. The summed E-state index contributed by atoms with van der Waals surface area (Å²) in [5.74, 6) is 0.383. The molecule has 0 saturated heterocycles. The van der Waals surface area contributed by atoms with E-state index in [2.05, 4.69) is 27.7 Å². The first kappa shape index (κ1) is 16.2. The van der Waals surface area contributed by atoms with Crippen molar-refractivity contribution in [3.8, 4) is 0 Å². The molecule has 0 radical (unpaired) electrons. The van der Waals surface area contributed by atoms with Crippen LogP contribution in [0, 0.1) is 16.7 Å². The average Bonchev–Trinajstić information content (AvgIpc) is 2.79. The minimum absolute atomic E-state index is 0. The largest absolute Gasteiger partial charge is 0.398 e. The number of halogens is 1. The molecule has 2 N–H and O–H groups in total. The van der Waals surface area contributed by atoms with Crippen LogP contribution in [-0.4, -0.2) is 12.5 Å². The van der Waals surface area contributed by atoms with E-state index in [-0.39, 0.29) is 35.1 Å². The van der Waals surface area contributed by atoms with Gasteiger partial charge in [-0.05, 0) is 41.4 Å². The lowest BCUT2D eigenvalue weighted by molar-refractivity contribution is -0.121. The highest BCUT2D eigenvalue weighted by Gasteiger charge is 2.69. The Balaban J connectivity index is 0.00000161. The molecule has 1 heterocycles. The zero-order valence-electron chi connectivity index (χ0n) is 13.3. The van der Waals surface area contributed by atoms with E-state index in [0.717, 1.165) is 36.3 Å². The fraction of sp³-hybridized carbons (Fsp3) is 0.588. The Bertz CT molecular complexity index is 566. The molecule has 116 valence electrons. The molecule has 2 aliphatic rings. The molecule has 4 heteroatoms. The van der Waals surface area contributed by atoms with E-state index in [4.69, 9.17) is 5.73 Å². The monoisotopic (exact) mass is 308 g/mol. The number of amides is 1. The second-order valence-electron chi connectivity index (χ2n) is 7.31. The van der Waals surface area contributed by atoms with Gasteiger partial charge in [0, 0.05) is 23.8 Å². The molecule has 3 nitrogen and oxygen atoms in total. The fourth-order valence-electron chi connectivity index (χ4n) is 3.85. The number of hydrogen-bond acceptors (Lipinski definition) is 2. The number of carbonyl (C=O) groups excluding carboxylic acids is 1. The molecule has 1 aliphatic heterocycles. The molecule has 0 bridgehead atoms. The highest BCUT2D eigenvalue weighted by atomic mass is 35.5. The molecule has 0 aromatic heterocycles. The second-order valence-corrected chi connectivity index (χ2v) is 7.31. The second kappa shape index (κ2) is 4.91. The first-order valence-electron chi connectivity index (χ1n) is 7.47. The van der Waals surface area contributed by atoms with Gasteiger partial charge in [0.25, 0.3) is 0 Å². The quantitative estimate of drug-likeness (QED) is 0.805. The van der Waals surface area contributed by atoms with Crippen LogP contribution in [0.15, 0.2) is 18.2 Å².